The van der Waals surface area contributed by atoms with Crippen molar-refractivity contribution in [2.24, 2.45) is 5.92 Å². The van der Waals surface area contributed by atoms with Crippen LogP contribution in [0.1, 0.15) is 33.8 Å². The largest absolute Gasteiger partial charge is 0.335 e. The van der Waals surface area contributed by atoms with Crippen molar-refractivity contribution in [2.45, 2.75) is 24.9 Å². The number of pyridine rings is 2. The van der Waals surface area contributed by atoms with Gasteiger partial charge in [0.05, 0.1) is 0 Å². The number of piperidine rings is 1. The molecule has 0 aliphatic carbocycles. The summed E-state index contributed by atoms with van der Waals surface area (Å²) in [5.74, 6) is 0.332. The smallest absolute Gasteiger partial charge is 0.254 e. The number of likely N-dealkylation sites (tertiary alicyclic amines) is 2. The number of benzene rings is 1. The minimum absolute atomic E-state index is 0.0598. The van der Waals surface area contributed by atoms with Gasteiger partial charge in [0.15, 0.2) is 0 Å². The van der Waals surface area contributed by atoms with Crippen molar-refractivity contribution in [1.29, 1.82) is 0 Å². The van der Waals surface area contributed by atoms with E-state index in [1.165, 1.54) is 17.7 Å². The van der Waals surface area contributed by atoms with E-state index in [2.05, 4.69) is 27.0 Å². The molecule has 31 heavy (non-hydrogen) atoms. The highest BCUT2D eigenvalue weighted by atomic mass is 19.1. The lowest BCUT2D eigenvalue weighted by Gasteiger charge is -2.39. The first-order valence-electron chi connectivity index (χ1n) is 10.8. The fraction of sp³-hybridized carbons (Fsp3) is 0.320. The van der Waals surface area contributed by atoms with Crippen molar-refractivity contribution in [3.05, 3.63) is 95.8 Å². The Kier molecular flexibility index (Phi) is 5.47. The topological polar surface area (TPSA) is 49.3 Å². The first kappa shape index (κ1) is 19.8. The fourth-order valence-corrected chi connectivity index (χ4v) is 5.15. The van der Waals surface area contributed by atoms with E-state index in [1.54, 1.807) is 24.5 Å². The zero-order valence-electron chi connectivity index (χ0n) is 17.3. The second-order valence-corrected chi connectivity index (χ2v) is 8.46. The number of carbonyl (C=O) groups excluding carboxylic acids is 1. The van der Waals surface area contributed by atoms with Gasteiger partial charge in [-0.2, -0.15) is 0 Å². The molecule has 6 heteroatoms. The summed E-state index contributed by atoms with van der Waals surface area (Å²) in [6.07, 6.45) is 7.91. The van der Waals surface area contributed by atoms with E-state index in [4.69, 9.17) is 0 Å². The molecular formula is C25H25FN4O. The van der Waals surface area contributed by atoms with E-state index in [0.717, 1.165) is 31.6 Å². The molecule has 2 aromatic heterocycles. The van der Waals surface area contributed by atoms with Gasteiger partial charge in [-0.1, -0.05) is 12.1 Å². The fourth-order valence-electron chi connectivity index (χ4n) is 5.15. The van der Waals surface area contributed by atoms with Gasteiger partial charge in [-0.25, -0.2) is 4.39 Å². The Bertz CT molecular complexity index is 1030. The quantitative estimate of drug-likeness (QED) is 0.650. The Morgan fingerprint density at radius 2 is 1.61 bits per heavy atom. The van der Waals surface area contributed by atoms with Gasteiger partial charge in [0, 0.05) is 74.4 Å². The van der Waals surface area contributed by atoms with E-state index in [9.17, 15) is 9.18 Å². The van der Waals surface area contributed by atoms with Crippen LogP contribution < -0.4 is 0 Å². The van der Waals surface area contributed by atoms with Gasteiger partial charge in [-0.3, -0.25) is 19.7 Å². The summed E-state index contributed by atoms with van der Waals surface area (Å²) in [4.78, 5) is 26.0. The first-order valence-corrected chi connectivity index (χ1v) is 10.8. The van der Waals surface area contributed by atoms with Crippen LogP contribution in [-0.2, 0) is 6.54 Å². The van der Waals surface area contributed by atoms with Crippen LogP contribution in [0.2, 0.25) is 0 Å². The Morgan fingerprint density at radius 1 is 0.935 bits per heavy atom. The normalized spacial score (nSPS) is 23.5. The molecule has 2 fully saturated rings. The highest BCUT2D eigenvalue weighted by Crippen LogP contribution is 2.42. The minimum atomic E-state index is -0.231. The van der Waals surface area contributed by atoms with Gasteiger partial charge in [-0.05, 0) is 53.9 Å². The Labute approximate surface area is 181 Å². The van der Waals surface area contributed by atoms with Crippen LogP contribution in [0.5, 0.6) is 0 Å². The molecule has 0 unspecified atom stereocenters. The van der Waals surface area contributed by atoms with Gasteiger partial charge >= 0.3 is 0 Å². The number of carbonyl (C=O) groups is 1. The van der Waals surface area contributed by atoms with E-state index >= 15 is 0 Å². The molecule has 158 valence electrons. The summed E-state index contributed by atoms with van der Waals surface area (Å²) in [5.41, 5.74) is 3.02. The predicted molar refractivity (Wildman–Crippen MR) is 116 cm³/mol. The van der Waals surface area contributed by atoms with Gasteiger partial charge in [0.2, 0.25) is 0 Å². The van der Waals surface area contributed by atoms with Crippen molar-refractivity contribution in [1.82, 2.24) is 19.8 Å². The Morgan fingerprint density at radius 3 is 2.32 bits per heavy atom. The highest BCUT2D eigenvalue weighted by Gasteiger charge is 2.47. The Balaban J connectivity index is 1.41. The van der Waals surface area contributed by atoms with Gasteiger partial charge in [0.25, 0.3) is 5.91 Å². The maximum atomic E-state index is 13.6. The van der Waals surface area contributed by atoms with Crippen LogP contribution in [0.25, 0.3) is 0 Å². The molecule has 4 heterocycles. The summed E-state index contributed by atoms with van der Waals surface area (Å²) >= 11 is 0. The SMILES string of the molecule is O=C(c1ccncc1)N1C[C@@H](c2ccc(F)cc2)[C@@H]2CN(Cc3ccncc3)CC[C@@H]21. The lowest BCUT2D eigenvalue weighted by Crippen LogP contribution is -2.47. The molecule has 0 radical (unpaired) electrons. The lowest BCUT2D eigenvalue weighted by atomic mass is 9.81. The molecule has 0 saturated carbocycles. The number of hydrogen-bond donors (Lipinski definition) is 0. The van der Waals surface area contributed by atoms with Crippen LogP contribution in [0.3, 0.4) is 0 Å². The zero-order valence-corrected chi connectivity index (χ0v) is 17.3. The van der Waals surface area contributed by atoms with Crippen molar-refractivity contribution < 1.29 is 9.18 Å². The van der Waals surface area contributed by atoms with E-state index in [0.29, 0.717) is 18.0 Å². The van der Waals surface area contributed by atoms with Crippen molar-refractivity contribution in [2.75, 3.05) is 19.6 Å². The van der Waals surface area contributed by atoms with E-state index < -0.39 is 0 Å². The zero-order chi connectivity index (χ0) is 21.2. The van der Waals surface area contributed by atoms with Crippen LogP contribution in [0, 0.1) is 11.7 Å². The second-order valence-electron chi connectivity index (χ2n) is 8.46. The van der Waals surface area contributed by atoms with Crippen LogP contribution in [-0.4, -0.2) is 51.4 Å². The molecule has 3 atom stereocenters. The molecule has 3 aromatic rings. The molecule has 2 aliphatic rings. The third-order valence-electron chi connectivity index (χ3n) is 6.66. The number of fused-ring (bicyclic) bond motifs is 1. The van der Waals surface area contributed by atoms with Crippen molar-refractivity contribution in [3.8, 4) is 0 Å². The van der Waals surface area contributed by atoms with Gasteiger partial charge in [-0.15, -0.1) is 0 Å². The second kappa shape index (κ2) is 8.55. The van der Waals surface area contributed by atoms with Crippen molar-refractivity contribution >= 4 is 5.91 Å². The number of aromatic nitrogens is 2. The number of halogens is 1. The average Bonchev–Trinajstić information content (AvgIpc) is 3.19. The average molecular weight is 417 g/mol. The summed E-state index contributed by atoms with van der Waals surface area (Å²) in [5, 5.41) is 0. The van der Waals surface area contributed by atoms with Crippen molar-refractivity contribution in [3.63, 3.8) is 0 Å². The van der Waals surface area contributed by atoms with Gasteiger partial charge < -0.3 is 4.90 Å². The maximum absolute atomic E-state index is 13.6. The molecular weight excluding hydrogens is 391 g/mol. The predicted octanol–water partition coefficient (Wildman–Crippen LogP) is 3.75. The number of hydrogen-bond acceptors (Lipinski definition) is 4. The van der Waals surface area contributed by atoms with Crippen LogP contribution in [0.15, 0.2) is 73.3 Å². The number of amides is 1. The van der Waals surface area contributed by atoms with Crippen LogP contribution >= 0.6 is 0 Å². The Hall–Kier alpha value is -3.12. The third-order valence-corrected chi connectivity index (χ3v) is 6.66. The lowest BCUT2D eigenvalue weighted by molar-refractivity contribution is 0.0614. The molecule has 2 aliphatic heterocycles. The first-order chi connectivity index (χ1) is 15.2. The molecule has 5 rings (SSSR count). The monoisotopic (exact) mass is 416 g/mol. The third kappa shape index (κ3) is 4.08. The molecule has 5 nitrogen and oxygen atoms in total. The molecule has 0 bridgehead atoms. The summed E-state index contributed by atoms with van der Waals surface area (Å²) < 4.78 is 13.6. The molecule has 0 spiro atoms. The van der Waals surface area contributed by atoms with E-state index in [1.807, 2.05) is 29.4 Å². The summed E-state index contributed by atoms with van der Waals surface area (Å²) in [7, 11) is 0. The standard InChI is InChI=1S/C25H25FN4O/c26-21-3-1-19(2-4-21)22-17-30(25(31)20-7-12-28-13-8-20)24-9-14-29(16-23(22)24)15-18-5-10-27-11-6-18/h1-8,10-13,22-24H,9,14-17H2/t22-,23-,24-/m0/s1. The number of rotatable bonds is 4. The van der Waals surface area contributed by atoms with E-state index in [-0.39, 0.29) is 23.7 Å². The molecule has 2 saturated heterocycles. The van der Waals surface area contributed by atoms with Crippen LogP contribution in [0.4, 0.5) is 4.39 Å². The van der Waals surface area contributed by atoms with Gasteiger partial charge in [0.1, 0.15) is 5.82 Å². The molecule has 1 aromatic carbocycles. The minimum Gasteiger partial charge on any atom is -0.335 e. The molecule has 1 amide bonds. The summed E-state index contributed by atoms with van der Waals surface area (Å²) in [6.45, 7) is 3.39. The highest BCUT2D eigenvalue weighted by molar-refractivity contribution is 5.94. The maximum Gasteiger partial charge on any atom is 0.254 e. The number of nitrogens with zero attached hydrogens (tertiary/aromatic N) is 4. The summed E-state index contributed by atoms with van der Waals surface area (Å²) in [6, 6.07) is 14.6. The molecule has 0 N–H and O–H groups in total.